The highest BCUT2D eigenvalue weighted by atomic mass is 32.2. The molecule has 1 aromatic carbocycles. The van der Waals surface area contributed by atoms with Gasteiger partial charge in [-0.1, -0.05) is 18.2 Å². The summed E-state index contributed by atoms with van der Waals surface area (Å²) >= 11 is -0.715. The molecule has 3 nitrogen and oxygen atoms in total. The Bertz CT molecular complexity index is 375. The van der Waals surface area contributed by atoms with Crippen molar-refractivity contribution >= 4 is 17.1 Å². The molecule has 1 aromatic rings. The van der Waals surface area contributed by atoms with Gasteiger partial charge in [-0.05, 0) is 29.7 Å². The first-order valence-corrected chi connectivity index (χ1v) is 6.37. The van der Waals surface area contributed by atoms with Crippen LogP contribution in [-0.2, 0) is 11.2 Å². The van der Waals surface area contributed by atoms with Gasteiger partial charge in [0.1, 0.15) is 17.5 Å². The molecule has 0 spiro atoms. The minimum atomic E-state index is -0.715. The Kier molecular flexibility index (Phi) is 2.98. The van der Waals surface area contributed by atoms with Crippen LogP contribution in [0.5, 0.6) is 0 Å². The molecule has 0 atom stereocenters. The minimum Gasteiger partial charge on any atom is -0.616 e. The third-order valence-corrected chi connectivity index (χ3v) is 4.05. The molecule has 1 fully saturated rings. The maximum atomic E-state index is 11.8. The fourth-order valence-corrected chi connectivity index (χ4v) is 2.54. The fraction of sp³-hybridized carbons (Fsp3) is 0.364. The van der Waals surface area contributed by atoms with Crippen LogP contribution in [0.3, 0.4) is 0 Å². The van der Waals surface area contributed by atoms with E-state index in [1.165, 1.54) is 0 Å². The summed E-state index contributed by atoms with van der Waals surface area (Å²) < 4.78 is 10.9. The summed E-state index contributed by atoms with van der Waals surface area (Å²) in [5.74, 6) is 1.13. The van der Waals surface area contributed by atoms with E-state index >= 15 is 0 Å². The fourth-order valence-electron chi connectivity index (χ4n) is 1.57. The molecular weight excluding hydrogens is 210 g/mol. The number of benzene rings is 1. The first-order valence-electron chi connectivity index (χ1n) is 4.88. The van der Waals surface area contributed by atoms with E-state index in [9.17, 15) is 9.35 Å². The Balaban J connectivity index is 1.99. The van der Waals surface area contributed by atoms with Gasteiger partial charge in [0.25, 0.3) is 5.91 Å². The standard InChI is InChI=1S/C11H13NO2S/c1-8-4-2-3-5-10(8)11(13)12-9-6-15(14)7-9/h2-5,9H,6-7H2,1H3,(H,12,13). The molecule has 1 amide bonds. The van der Waals surface area contributed by atoms with E-state index in [0.29, 0.717) is 17.1 Å². The third-order valence-electron chi connectivity index (χ3n) is 2.50. The highest BCUT2D eigenvalue weighted by Gasteiger charge is 2.33. The summed E-state index contributed by atoms with van der Waals surface area (Å²) in [7, 11) is 0. The van der Waals surface area contributed by atoms with Crippen LogP contribution >= 0.6 is 0 Å². The largest absolute Gasteiger partial charge is 0.616 e. The van der Waals surface area contributed by atoms with E-state index in [4.69, 9.17) is 0 Å². The Hall–Kier alpha value is -1.00. The number of rotatable bonds is 2. The summed E-state index contributed by atoms with van der Waals surface area (Å²) in [5.41, 5.74) is 1.67. The second-order valence-electron chi connectivity index (χ2n) is 3.76. The van der Waals surface area contributed by atoms with E-state index in [0.717, 1.165) is 5.56 Å². The predicted molar refractivity (Wildman–Crippen MR) is 60.3 cm³/mol. The lowest BCUT2D eigenvalue weighted by atomic mass is 10.1. The average molecular weight is 223 g/mol. The third kappa shape index (κ3) is 2.33. The van der Waals surface area contributed by atoms with E-state index in [2.05, 4.69) is 5.32 Å². The molecule has 0 radical (unpaired) electrons. The van der Waals surface area contributed by atoms with Crippen LogP contribution in [0.1, 0.15) is 15.9 Å². The first kappa shape index (κ1) is 10.5. The van der Waals surface area contributed by atoms with Crippen molar-refractivity contribution in [1.29, 1.82) is 0 Å². The van der Waals surface area contributed by atoms with Gasteiger partial charge in [0.15, 0.2) is 0 Å². The molecule has 2 rings (SSSR count). The SMILES string of the molecule is Cc1ccccc1C(=O)NC1C[S+]([O-])C1. The van der Waals surface area contributed by atoms with Crippen molar-refractivity contribution in [2.45, 2.75) is 13.0 Å². The topological polar surface area (TPSA) is 52.2 Å². The summed E-state index contributed by atoms with van der Waals surface area (Å²) in [6.45, 7) is 1.91. The van der Waals surface area contributed by atoms with Gasteiger partial charge in [0.2, 0.25) is 0 Å². The van der Waals surface area contributed by atoms with E-state index in [1.54, 1.807) is 6.07 Å². The summed E-state index contributed by atoms with van der Waals surface area (Å²) in [6, 6.07) is 7.57. The number of carbonyl (C=O) groups is 1. The molecule has 0 aromatic heterocycles. The van der Waals surface area contributed by atoms with Crippen LogP contribution in [0.15, 0.2) is 24.3 Å². The van der Waals surface area contributed by atoms with Gasteiger partial charge in [-0.25, -0.2) is 0 Å². The molecule has 1 aliphatic rings. The number of nitrogens with one attached hydrogen (secondary N) is 1. The molecule has 1 N–H and O–H groups in total. The second kappa shape index (κ2) is 4.24. The van der Waals surface area contributed by atoms with Gasteiger partial charge in [-0.2, -0.15) is 0 Å². The number of carbonyl (C=O) groups excluding carboxylic acids is 1. The minimum absolute atomic E-state index is 0.0604. The van der Waals surface area contributed by atoms with Crippen LogP contribution in [0.2, 0.25) is 0 Å². The molecule has 15 heavy (non-hydrogen) atoms. The molecule has 1 heterocycles. The van der Waals surface area contributed by atoms with Crippen molar-refractivity contribution in [3.8, 4) is 0 Å². The highest BCUT2D eigenvalue weighted by molar-refractivity contribution is 7.92. The van der Waals surface area contributed by atoms with E-state index < -0.39 is 11.2 Å². The number of amides is 1. The summed E-state index contributed by atoms with van der Waals surface area (Å²) in [5, 5.41) is 2.87. The molecule has 1 saturated heterocycles. The molecule has 0 saturated carbocycles. The van der Waals surface area contributed by atoms with E-state index in [-0.39, 0.29) is 11.9 Å². The molecule has 80 valence electrons. The highest BCUT2D eigenvalue weighted by Crippen LogP contribution is 2.12. The zero-order chi connectivity index (χ0) is 10.8. The normalized spacial score (nSPS) is 24.4. The van der Waals surface area contributed by atoms with Crippen molar-refractivity contribution in [2.75, 3.05) is 11.5 Å². The smallest absolute Gasteiger partial charge is 0.252 e. The lowest BCUT2D eigenvalue weighted by Gasteiger charge is -2.29. The van der Waals surface area contributed by atoms with Gasteiger partial charge < -0.3 is 9.87 Å². The van der Waals surface area contributed by atoms with Gasteiger partial charge in [-0.3, -0.25) is 4.79 Å². The van der Waals surface area contributed by atoms with Crippen molar-refractivity contribution in [1.82, 2.24) is 5.32 Å². The zero-order valence-electron chi connectivity index (χ0n) is 8.53. The molecular formula is C11H13NO2S. The molecule has 4 heteroatoms. The molecule has 0 unspecified atom stereocenters. The van der Waals surface area contributed by atoms with Crippen LogP contribution in [-0.4, -0.2) is 28.0 Å². The predicted octanol–water partition coefficient (Wildman–Crippen LogP) is 0.856. The maximum Gasteiger partial charge on any atom is 0.252 e. The quantitative estimate of drug-likeness (QED) is 0.756. The Morgan fingerprint density at radius 3 is 2.73 bits per heavy atom. The first-order chi connectivity index (χ1) is 7.16. The Morgan fingerprint density at radius 2 is 2.13 bits per heavy atom. The lowest BCUT2D eigenvalue weighted by molar-refractivity contribution is 0.0941. The number of hydrogen-bond donors (Lipinski definition) is 1. The van der Waals surface area contributed by atoms with Crippen LogP contribution in [0, 0.1) is 6.92 Å². The molecule has 1 aliphatic heterocycles. The Labute approximate surface area is 92.1 Å². The van der Waals surface area contributed by atoms with Crippen LogP contribution < -0.4 is 5.32 Å². The number of aryl methyl sites for hydroxylation is 1. The van der Waals surface area contributed by atoms with Crippen molar-refractivity contribution in [3.05, 3.63) is 35.4 Å². The van der Waals surface area contributed by atoms with Crippen LogP contribution in [0.4, 0.5) is 0 Å². The zero-order valence-corrected chi connectivity index (χ0v) is 9.34. The van der Waals surface area contributed by atoms with Crippen molar-refractivity contribution in [2.24, 2.45) is 0 Å². The van der Waals surface area contributed by atoms with Crippen LogP contribution in [0.25, 0.3) is 0 Å². The van der Waals surface area contributed by atoms with Gasteiger partial charge >= 0.3 is 0 Å². The lowest BCUT2D eigenvalue weighted by Crippen LogP contribution is -2.53. The number of hydrogen-bond acceptors (Lipinski definition) is 2. The van der Waals surface area contributed by atoms with E-state index in [1.807, 2.05) is 25.1 Å². The Morgan fingerprint density at radius 1 is 1.47 bits per heavy atom. The molecule has 0 aliphatic carbocycles. The van der Waals surface area contributed by atoms with Crippen molar-refractivity contribution < 1.29 is 9.35 Å². The summed E-state index contributed by atoms with van der Waals surface area (Å²) in [6.07, 6.45) is 0. The van der Waals surface area contributed by atoms with Gasteiger partial charge in [0.05, 0.1) is 0 Å². The summed E-state index contributed by atoms with van der Waals surface area (Å²) in [4.78, 5) is 11.8. The van der Waals surface area contributed by atoms with Gasteiger partial charge in [-0.15, -0.1) is 0 Å². The molecule has 0 bridgehead atoms. The second-order valence-corrected chi connectivity index (χ2v) is 5.30. The maximum absolute atomic E-state index is 11.8. The van der Waals surface area contributed by atoms with Crippen molar-refractivity contribution in [3.63, 3.8) is 0 Å². The van der Waals surface area contributed by atoms with Gasteiger partial charge in [0, 0.05) is 5.56 Å². The monoisotopic (exact) mass is 223 g/mol. The average Bonchev–Trinajstić information content (AvgIpc) is 2.16.